The Kier molecular flexibility index (Phi) is 4.30. The summed E-state index contributed by atoms with van der Waals surface area (Å²) < 4.78 is 31.3. The first kappa shape index (κ1) is 16.3. The summed E-state index contributed by atoms with van der Waals surface area (Å²) in [4.78, 5) is 0.287. The van der Waals surface area contributed by atoms with Gasteiger partial charge in [-0.05, 0) is 24.3 Å². The number of fused-ring (bicyclic) bond motifs is 1. The maximum Gasteiger partial charge on any atom is 0.294 e. The normalized spacial score (nSPS) is 13.2. The lowest BCUT2D eigenvalue weighted by molar-refractivity contribution is 0.598. The van der Waals surface area contributed by atoms with Gasteiger partial charge in [-0.15, -0.1) is 15.7 Å². The first-order valence-electron chi connectivity index (χ1n) is 5.79. The molecule has 10 heteroatoms. The van der Waals surface area contributed by atoms with Crippen LogP contribution in [-0.2, 0) is 17.1 Å². The van der Waals surface area contributed by atoms with E-state index in [9.17, 15) is 8.42 Å². The molecule has 22 heavy (non-hydrogen) atoms. The van der Waals surface area contributed by atoms with Gasteiger partial charge in [-0.2, -0.15) is 8.42 Å². The fourth-order valence-corrected chi connectivity index (χ4v) is 6.20. The van der Waals surface area contributed by atoms with E-state index in [1.165, 1.54) is 23.5 Å². The Labute approximate surface area is 149 Å². The molecule has 0 spiro atoms. The molecule has 2 heterocycles. The molecule has 0 radical (unpaired) electrons. The minimum atomic E-state index is -3.83. The Morgan fingerprint density at radius 3 is 2.32 bits per heavy atom. The van der Waals surface area contributed by atoms with Gasteiger partial charge in [0, 0.05) is 7.05 Å². The highest BCUT2D eigenvalue weighted by Crippen LogP contribution is 2.32. The van der Waals surface area contributed by atoms with E-state index in [0.717, 1.165) is 11.3 Å². The summed E-state index contributed by atoms with van der Waals surface area (Å²) in [7, 11) is -2.13. The third kappa shape index (κ3) is 2.81. The third-order valence-corrected chi connectivity index (χ3v) is 7.83. The van der Waals surface area contributed by atoms with E-state index in [0.29, 0.717) is 24.6 Å². The minimum Gasteiger partial charge on any atom is -0.318 e. The molecule has 4 nitrogen and oxygen atoms in total. The fraction of sp³-hybridized carbons (Fsp3) is 0.0833. The fourth-order valence-electron chi connectivity index (χ4n) is 1.85. The smallest absolute Gasteiger partial charge is 0.294 e. The number of hydrogen-bond donors (Lipinski definition) is 0. The molecular weight excluding hydrogens is 407 g/mol. The van der Waals surface area contributed by atoms with Gasteiger partial charge in [-0.1, -0.05) is 46.1 Å². The number of aromatic nitrogens is 1. The lowest BCUT2D eigenvalue weighted by Gasteiger charge is -1.99. The Bertz CT molecular complexity index is 1050. The number of rotatable bonds is 2. The van der Waals surface area contributed by atoms with Gasteiger partial charge in [0.1, 0.15) is 4.21 Å². The van der Waals surface area contributed by atoms with Gasteiger partial charge < -0.3 is 4.57 Å². The molecule has 3 rings (SSSR count). The van der Waals surface area contributed by atoms with Gasteiger partial charge >= 0.3 is 0 Å². The molecule has 0 aliphatic heterocycles. The molecule has 0 aliphatic rings. The Balaban J connectivity index is 2.29. The van der Waals surface area contributed by atoms with Crippen molar-refractivity contribution in [3.8, 4) is 0 Å². The van der Waals surface area contributed by atoms with Gasteiger partial charge in [-0.3, -0.25) is 0 Å². The quantitative estimate of drug-likeness (QED) is 0.619. The van der Waals surface area contributed by atoms with Gasteiger partial charge in [0.2, 0.25) is 4.80 Å². The predicted molar refractivity (Wildman–Crippen MR) is 92.9 cm³/mol. The molecule has 116 valence electrons. The van der Waals surface area contributed by atoms with E-state index in [4.69, 9.17) is 34.8 Å². The van der Waals surface area contributed by atoms with Crippen LogP contribution in [0.5, 0.6) is 0 Å². The molecule has 0 unspecified atom stereocenters. The van der Waals surface area contributed by atoms with Crippen LogP contribution < -0.4 is 4.80 Å². The van der Waals surface area contributed by atoms with Crippen molar-refractivity contribution in [1.82, 2.24) is 4.57 Å². The monoisotopic (exact) mass is 412 g/mol. The SMILES string of the molecule is Cn1/c(=N/S(=O)(=O)c2ccc(Cl)s2)sc2c(Cl)ccc(Cl)c21. The predicted octanol–water partition coefficient (Wildman–Crippen LogP) is 4.55. The number of halogens is 3. The first-order chi connectivity index (χ1) is 10.3. The molecule has 1 aromatic carbocycles. The van der Waals surface area contributed by atoms with Gasteiger partial charge in [-0.25, -0.2) is 0 Å². The zero-order valence-electron chi connectivity index (χ0n) is 10.9. The second-order valence-corrected chi connectivity index (χ2v) is 9.61. The zero-order chi connectivity index (χ0) is 16.1. The summed E-state index contributed by atoms with van der Waals surface area (Å²) in [5.74, 6) is 0. The van der Waals surface area contributed by atoms with Crippen LogP contribution in [0.15, 0.2) is 32.9 Å². The van der Waals surface area contributed by atoms with Crippen LogP contribution in [0.1, 0.15) is 0 Å². The second kappa shape index (κ2) is 5.81. The van der Waals surface area contributed by atoms with Crippen LogP contribution in [0, 0.1) is 0 Å². The summed E-state index contributed by atoms with van der Waals surface area (Å²) in [6, 6.07) is 6.28. The molecule has 0 amide bonds. The van der Waals surface area contributed by atoms with Gasteiger partial charge in [0.25, 0.3) is 10.0 Å². The maximum absolute atomic E-state index is 12.3. The number of thiophene rings is 1. The summed E-state index contributed by atoms with van der Waals surface area (Å²) in [6.45, 7) is 0. The van der Waals surface area contributed by atoms with Crippen LogP contribution in [-0.4, -0.2) is 13.0 Å². The topological polar surface area (TPSA) is 51.4 Å². The number of benzene rings is 1. The average molecular weight is 414 g/mol. The van der Waals surface area contributed by atoms with E-state index in [1.807, 2.05) is 0 Å². The highest BCUT2D eigenvalue weighted by molar-refractivity contribution is 7.92. The van der Waals surface area contributed by atoms with Crippen molar-refractivity contribution in [3.05, 3.63) is 43.4 Å². The largest absolute Gasteiger partial charge is 0.318 e. The lowest BCUT2D eigenvalue weighted by atomic mass is 10.3. The maximum atomic E-state index is 12.3. The van der Waals surface area contributed by atoms with E-state index in [2.05, 4.69) is 4.40 Å². The van der Waals surface area contributed by atoms with Crippen LogP contribution in [0.3, 0.4) is 0 Å². The number of nitrogens with zero attached hydrogens (tertiary/aromatic N) is 2. The van der Waals surface area contributed by atoms with E-state index in [-0.39, 0.29) is 9.01 Å². The Morgan fingerprint density at radius 2 is 1.73 bits per heavy atom. The van der Waals surface area contributed by atoms with Crippen molar-refractivity contribution in [2.24, 2.45) is 11.4 Å². The van der Waals surface area contributed by atoms with Crippen molar-refractivity contribution in [1.29, 1.82) is 0 Å². The lowest BCUT2D eigenvalue weighted by Crippen LogP contribution is -2.13. The highest BCUT2D eigenvalue weighted by Gasteiger charge is 2.17. The van der Waals surface area contributed by atoms with Crippen LogP contribution in [0.4, 0.5) is 0 Å². The van der Waals surface area contributed by atoms with Crippen molar-refractivity contribution >= 4 is 77.7 Å². The van der Waals surface area contributed by atoms with Gasteiger partial charge in [0.05, 0.1) is 24.6 Å². The molecule has 0 aliphatic carbocycles. The summed E-state index contributed by atoms with van der Waals surface area (Å²) in [5, 5.41) is 0.981. The van der Waals surface area contributed by atoms with Crippen LogP contribution in [0.25, 0.3) is 10.2 Å². The summed E-state index contributed by atoms with van der Waals surface area (Å²) >= 11 is 20.2. The molecule has 0 saturated heterocycles. The van der Waals surface area contributed by atoms with E-state index < -0.39 is 10.0 Å². The van der Waals surface area contributed by atoms with Crippen molar-refractivity contribution < 1.29 is 8.42 Å². The van der Waals surface area contributed by atoms with Crippen molar-refractivity contribution in [3.63, 3.8) is 0 Å². The highest BCUT2D eigenvalue weighted by atomic mass is 35.5. The molecule has 0 atom stereocenters. The zero-order valence-corrected chi connectivity index (χ0v) is 15.6. The number of aryl methyl sites for hydroxylation is 1. The molecule has 0 fully saturated rings. The Morgan fingerprint density at radius 1 is 1.05 bits per heavy atom. The molecular formula is C12H7Cl3N2O2S3. The molecule has 0 N–H and O–H groups in total. The average Bonchev–Trinajstić information content (AvgIpc) is 3.01. The second-order valence-electron chi connectivity index (χ2n) is 4.28. The number of sulfonamides is 1. The van der Waals surface area contributed by atoms with E-state index in [1.54, 1.807) is 23.7 Å². The Hall–Kier alpha value is -0.570. The summed E-state index contributed by atoms with van der Waals surface area (Å²) in [5.41, 5.74) is 0.650. The molecule has 3 aromatic rings. The third-order valence-electron chi connectivity index (χ3n) is 2.85. The molecule has 0 bridgehead atoms. The first-order valence-corrected chi connectivity index (χ1v) is 10.00. The molecule has 0 saturated carbocycles. The summed E-state index contributed by atoms with van der Waals surface area (Å²) in [6.07, 6.45) is 0. The van der Waals surface area contributed by atoms with Crippen molar-refractivity contribution in [2.45, 2.75) is 4.21 Å². The number of thiazole rings is 1. The minimum absolute atomic E-state index is 0.0900. The standard InChI is InChI=1S/C12H7Cl3N2O2S3/c1-17-10-6(13)2-3-7(14)11(10)21-12(17)16-22(18,19)9-5-4-8(15)20-9/h2-5H,1H3/b16-12-. The number of hydrogen-bond acceptors (Lipinski definition) is 4. The van der Waals surface area contributed by atoms with Crippen LogP contribution >= 0.6 is 57.5 Å². The van der Waals surface area contributed by atoms with E-state index >= 15 is 0 Å². The van der Waals surface area contributed by atoms with Crippen LogP contribution in [0.2, 0.25) is 14.4 Å². The molecule has 2 aromatic heterocycles. The van der Waals surface area contributed by atoms with Gasteiger partial charge in [0.15, 0.2) is 0 Å². The van der Waals surface area contributed by atoms with Crippen molar-refractivity contribution in [2.75, 3.05) is 0 Å².